The highest BCUT2D eigenvalue weighted by molar-refractivity contribution is 8.00. The predicted molar refractivity (Wildman–Crippen MR) is 106 cm³/mol. The van der Waals surface area contributed by atoms with Gasteiger partial charge in [0.2, 0.25) is 5.91 Å². The molecule has 2 heterocycles. The van der Waals surface area contributed by atoms with Crippen LogP contribution in [0.15, 0.2) is 23.2 Å². The summed E-state index contributed by atoms with van der Waals surface area (Å²) in [6, 6.07) is 5.98. The van der Waals surface area contributed by atoms with E-state index in [1.807, 2.05) is 19.9 Å². The zero-order valence-electron chi connectivity index (χ0n) is 15.5. The van der Waals surface area contributed by atoms with Crippen LogP contribution < -0.4 is 5.32 Å². The Balaban J connectivity index is 1.75. The smallest absolute Gasteiger partial charge is 0.233 e. The van der Waals surface area contributed by atoms with Crippen LogP contribution in [-0.2, 0) is 14.6 Å². The molecule has 1 N–H and O–H groups in total. The molecule has 1 fully saturated rings. The van der Waals surface area contributed by atoms with Crippen LogP contribution in [0.25, 0.3) is 10.9 Å². The Morgan fingerprint density at radius 1 is 1.23 bits per heavy atom. The number of aryl methyl sites for hydroxylation is 3. The van der Waals surface area contributed by atoms with Crippen molar-refractivity contribution < 1.29 is 13.2 Å². The molecule has 0 saturated carbocycles. The molecule has 1 aromatic carbocycles. The van der Waals surface area contributed by atoms with Gasteiger partial charge in [-0.2, -0.15) is 0 Å². The van der Waals surface area contributed by atoms with Crippen LogP contribution in [0.1, 0.15) is 30.0 Å². The maximum atomic E-state index is 12.4. The van der Waals surface area contributed by atoms with E-state index in [1.165, 1.54) is 17.3 Å². The summed E-state index contributed by atoms with van der Waals surface area (Å²) in [5.74, 6) is 0.0586. The molecule has 1 amide bonds. The largest absolute Gasteiger partial charge is 0.351 e. The fourth-order valence-electron chi connectivity index (χ4n) is 3.34. The summed E-state index contributed by atoms with van der Waals surface area (Å²) in [6.45, 7) is 8.00. The molecule has 0 bridgehead atoms. The van der Waals surface area contributed by atoms with Gasteiger partial charge in [0.05, 0.1) is 27.3 Å². The Kier molecular flexibility index (Phi) is 5.30. The summed E-state index contributed by atoms with van der Waals surface area (Å²) in [7, 11) is -3.00. The molecule has 1 aromatic heterocycles. The van der Waals surface area contributed by atoms with Crippen LogP contribution in [0.5, 0.6) is 0 Å². The highest BCUT2D eigenvalue weighted by Gasteiger charge is 2.30. The van der Waals surface area contributed by atoms with Crippen molar-refractivity contribution in [1.82, 2.24) is 10.3 Å². The molecule has 140 valence electrons. The van der Waals surface area contributed by atoms with E-state index in [0.717, 1.165) is 27.1 Å². The number of carbonyl (C=O) groups is 1. The summed E-state index contributed by atoms with van der Waals surface area (Å²) >= 11 is 1.40. The zero-order valence-corrected chi connectivity index (χ0v) is 17.1. The fourth-order valence-corrected chi connectivity index (χ4v) is 5.94. The van der Waals surface area contributed by atoms with Gasteiger partial charge in [-0.05, 0) is 57.4 Å². The molecule has 1 aliphatic heterocycles. The van der Waals surface area contributed by atoms with Crippen LogP contribution >= 0.6 is 11.8 Å². The topological polar surface area (TPSA) is 76.1 Å². The van der Waals surface area contributed by atoms with E-state index in [9.17, 15) is 13.2 Å². The van der Waals surface area contributed by atoms with Crippen LogP contribution in [0.4, 0.5) is 0 Å². The molecule has 0 unspecified atom stereocenters. The minimum absolute atomic E-state index is 0.0437. The molecule has 1 saturated heterocycles. The van der Waals surface area contributed by atoms with E-state index in [1.54, 1.807) is 0 Å². The van der Waals surface area contributed by atoms with Crippen LogP contribution in [-0.4, -0.2) is 42.1 Å². The summed E-state index contributed by atoms with van der Waals surface area (Å²) in [6.07, 6.45) is 0.497. The first-order chi connectivity index (χ1) is 12.1. The van der Waals surface area contributed by atoms with Crippen molar-refractivity contribution in [2.75, 3.05) is 11.5 Å². The van der Waals surface area contributed by atoms with Gasteiger partial charge >= 0.3 is 0 Å². The standard InChI is InChI=1S/C19H24N2O3S2/c1-11-7-13(3)18-16(8-11)12(2)9-17(21-18)25-14(4)19(22)20-15-5-6-26(23,24)10-15/h7-9,14-15H,5-6,10H2,1-4H3,(H,20,22)/t14-,15+/m0/s1. The van der Waals surface area contributed by atoms with E-state index in [4.69, 9.17) is 4.98 Å². The molecule has 0 radical (unpaired) electrons. The Morgan fingerprint density at radius 3 is 2.62 bits per heavy atom. The lowest BCUT2D eigenvalue weighted by molar-refractivity contribution is -0.120. The molecule has 0 spiro atoms. The number of fused-ring (bicyclic) bond motifs is 1. The molecule has 5 nitrogen and oxygen atoms in total. The number of amides is 1. The first-order valence-electron chi connectivity index (χ1n) is 8.71. The highest BCUT2D eigenvalue weighted by Crippen LogP contribution is 2.29. The number of hydrogen-bond donors (Lipinski definition) is 1. The average Bonchev–Trinajstić information content (AvgIpc) is 2.87. The maximum Gasteiger partial charge on any atom is 0.233 e. The van der Waals surface area contributed by atoms with Gasteiger partial charge in [0.1, 0.15) is 0 Å². The number of nitrogens with zero attached hydrogens (tertiary/aromatic N) is 1. The van der Waals surface area contributed by atoms with Crippen LogP contribution in [0, 0.1) is 20.8 Å². The Hall–Kier alpha value is -1.60. The van der Waals surface area contributed by atoms with Crippen molar-refractivity contribution in [1.29, 1.82) is 0 Å². The van der Waals surface area contributed by atoms with Gasteiger partial charge in [-0.15, -0.1) is 0 Å². The molecular weight excluding hydrogens is 368 g/mol. The lowest BCUT2D eigenvalue weighted by atomic mass is 10.0. The Morgan fingerprint density at radius 2 is 1.96 bits per heavy atom. The molecule has 2 aromatic rings. The summed E-state index contributed by atoms with van der Waals surface area (Å²) < 4.78 is 23.1. The number of pyridine rings is 1. The number of thioether (sulfide) groups is 1. The van der Waals surface area contributed by atoms with Crippen molar-refractivity contribution in [2.24, 2.45) is 0 Å². The van der Waals surface area contributed by atoms with Crippen molar-refractivity contribution in [3.8, 4) is 0 Å². The Labute approximate surface area is 158 Å². The molecular formula is C19H24N2O3S2. The molecule has 2 atom stereocenters. The SMILES string of the molecule is Cc1cc(C)c2nc(S[C@@H](C)C(=O)N[C@@H]3CCS(=O)(=O)C3)cc(C)c2c1. The van der Waals surface area contributed by atoms with Gasteiger partial charge in [0.15, 0.2) is 9.84 Å². The second-order valence-corrected chi connectivity index (χ2v) is 10.7. The normalized spacial score (nSPS) is 20.2. The quantitative estimate of drug-likeness (QED) is 0.810. The van der Waals surface area contributed by atoms with Crippen LogP contribution in [0.2, 0.25) is 0 Å². The molecule has 3 rings (SSSR count). The van der Waals surface area contributed by atoms with Gasteiger partial charge in [0.25, 0.3) is 0 Å². The van der Waals surface area contributed by atoms with E-state index < -0.39 is 9.84 Å². The minimum atomic E-state index is -3.00. The van der Waals surface area contributed by atoms with E-state index in [0.29, 0.717) is 6.42 Å². The fraction of sp³-hybridized carbons (Fsp3) is 0.474. The number of nitrogens with one attached hydrogen (secondary N) is 1. The second-order valence-electron chi connectivity index (χ2n) is 7.12. The summed E-state index contributed by atoms with van der Waals surface area (Å²) in [5.41, 5.74) is 4.43. The minimum Gasteiger partial charge on any atom is -0.351 e. The van der Waals surface area contributed by atoms with Crippen molar-refractivity contribution in [3.63, 3.8) is 0 Å². The number of rotatable bonds is 4. The third-order valence-electron chi connectivity index (χ3n) is 4.68. The monoisotopic (exact) mass is 392 g/mol. The third kappa shape index (κ3) is 4.20. The molecule has 26 heavy (non-hydrogen) atoms. The van der Waals surface area contributed by atoms with Gasteiger partial charge in [-0.1, -0.05) is 23.4 Å². The van der Waals surface area contributed by atoms with Crippen molar-refractivity contribution >= 4 is 38.4 Å². The number of aromatic nitrogens is 1. The Bertz CT molecular complexity index is 970. The second kappa shape index (κ2) is 7.19. The summed E-state index contributed by atoms with van der Waals surface area (Å²) in [4.78, 5) is 17.2. The maximum absolute atomic E-state index is 12.4. The van der Waals surface area contributed by atoms with Gasteiger partial charge in [0, 0.05) is 11.4 Å². The molecule has 1 aliphatic rings. The van der Waals surface area contributed by atoms with Gasteiger partial charge < -0.3 is 5.32 Å². The first kappa shape index (κ1) is 19.2. The number of sulfone groups is 1. The average molecular weight is 393 g/mol. The highest BCUT2D eigenvalue weighted by atomic mass is 32.2. The first-order valence-corrected chi connectivity index (χ1v) is 11.4. The lowest BCUT2D eigenvalue weighted by Crippen LogP contribution is -2.39. The van der Waals surface area contributed by atoms with Crippen molar-refractivity contribution in [3.05, 3.63) is 34.9 Å². The van der Waals surface area contributed by atoms with E-state index in [-0.39, 0.29) is 28.7 Å². The van der Waals surface area contributed by atoms with Gasteiger partial charge in [-0.25, -0.2) is 13.4 Å². The molecule has 7 heteroatoms. The number of carbonyl (C=O) groups excluding carboxylic acids is 1. The predicted octanol–water partition coefficient (Wildman–Crippen LogP) is 2.94. The molecule has 0 aliphatic carbocycles. The van der Waals surface area contributed by atoms with Crippen molar-refractivity contribution in [2.45, 2.75) is 50.4 Å². The van der Waals surface area contributed by atoms with E-state index >= 15 is 0 Å². The third-order valence-corrected chi connectivity index (χ3v) is 7.46. The zero-order chi connectivity index (χ0) is 19.1. The number of hydrogen-bond acceptors (Lipinski definition) is 5. The number of benzene rings is 1. The van der Waals surface area contributed by atoms with Gasteiger partial charge in [-0.3, -0.25) is 4.79 Å². The van der Waals surface area contributed by atoms with E-state index in [2.05, 4.69) is 31.3 Å². The summed E-state index contributed by atoms with van der Waals surface area (Å²) in [5, 5.41) is 4.47. The van der Waals surface area contributed by atoms with Crippen LogP contribution in [0.3, 0.4) is 0 Å². The lowest BCUT2D eigenvalue weighted by Gasteiger charge is -2.16.